The molecular weight excluding hydrogens is 714 g/mol. The summed E-state index contributed by atoms with van der Waals surface area (Å²) in [7, 11) is -3.52. The maximum Gasteiger partial charge on any atom is 0.462 e. The topological polar surface area (TPSA) is 44.8 Å². The molecule has 0 rings (SSSR count). The van der Waals surface area contributed by atoms with E-state index in [0.717, 1.165) is 19.6 Å². The average Bonchev–Trinajstić information content (AvgIpc) is 2.67. The number of alkyl halides is 22. The second-order valence-corrected chi connectivity index (χ2v) is 15.2. The molecule has 0 saturated carbocycles. The van der Waals surface area contributed by atoms with Crippen LogP contribution >= 0.6 is 0 Å². The van der Waals surface area contributed by atoms with Crippen molar-refractivity contribution < 1.29 is 116 Å². The van der Waals surface area contributed by atoms with Crippen LogP contribution in [0.4, 0.5) is 96.6 Å². The van der Waals surface area contributed by atoms with Crippen LogP contribution in [0.1, 0.15) is 6.42 Å². The Morgan fingerprint density at radius 1 is 0.545 bits per heavy atom. The zero-order valence-corrected chi connectivity index (χ0v) is 21.9. The van der Waals surface area contributed by atoms with Crippen molar-refractivity contribution in [2.24, 2.45) is 0 Å². The molecule has 0 amide bonds. The molecule has 4 nitrogen and oxygen atoms in total. The number of rotatable bonds is 12. The number of hydrogen-bond acceptors (Lipinski definition) is 4. The minimum atomic E-state index is -7.76. The Hall–Kier alpha value is -1.93. The Kier molecular flexibility index (Phi) is 11.2. The molecular formula is C17H14F22O4Si. The van der Waals surface area contributed by atoms with Crippen molar-refractivity contribution >= 4 is 14.0 Å². The minimum Gasteiger partial charge on any atom is -0.458 e. The van der Waals surface area contributed by atoms with Crippen molar-refractivity contribution in [2.45, 2.75) is 98.7 Å². The molecule has 0 aliphatic carbocycles. The number of ether oxygens (including phenoxy) is 3. The van der Waals surface area contributed by atoms with E-state index in [1.807, 2.05) is 0 Å². The Labute approximate surface area is 229 Å². The van der Waals surface area contributed by atoms with E-state index in [0.29, 0.717) is 0 Å². The molecule has 27 heteroatoms. The first-order valence-corrected chi connectivity index (χ1v) is 14.1. The molecule has 0 heterocycles. The molecule has 0 aromatic heterocycles. The Bertz CT molecular complexity index is 1010. The van der Waals surface area contributed by atoms with Crippen LogP contribution in [0, 0.1) is 0 Å². The predicted octanol–water partition coefficient (Wildman–Crippen LogP) is 8.70. The molecule has 3 unspecified atom stereocenters. The van der Waals surface area contributed by atoms with Gasteiger partial charge in [0.15, 0.2) is 0 Å². The van der Waals surface area contributed by atoms with E-state index in [-0.39, 0.29) is 0 Å². The van der Waals surface area contributed by atoms with Crippen molar-refractivity contribution in [2.75, 3.05) is 0 Å². The van der Waals surface area contributed by atoms with Crippen LogP contribution in [0.2, 0.25) is 25.7 Å². The average molecular weight is 728 g/mol. The number of carbonyl (C=O) groups is 1. The van der Waals surface area contributed by atoms with Gasteiger partial charge in [0.05, 0.1) is 6.42 Å². The lowest BCUT2D eigenvalue weighted by Crippen LogP contribution is -2.62. The highest BCUT2D eigenvalue weighted by Crippen LogP contribution is 2.54. The van der Waals surface area contributed by atoms with Crippen LogP contribution in [0.15, 0.2) is 0 Å². The lowest BCUT2D eigenvalue weighted by molar-refractivity contribution is -0.485. The van der Waals surface area contributed by atoms with Gasteiger partial charge in [-0.05, 0) is 6.04 Å². The lowest BCUT2D eigenvalue weighted by atomic mass is 10.1. The first-order chi connectivity index (χ1) is 18.6. The van der Waals surface area contributed by atoms with Gasteiger partial charge in [-0.3, -0.25) is 9.47 Å². The summed E-state index contributed by atoms with van der Waals surface area (Å²) in [6.07, 6.45) is -52.0. The molecule has 0 saturated heterocycles. The second kappa shape index (κ2) is 11.7. The summed E-state index contributed by atoms with van der Waals surface area (Å²) < 4.78 is 295. The molecule has 0 radical (unpaired) electrons. The van der Waals surface area contributed by atoms with E-state index in [9.17, 15) is 101 Å². The van der Waals surface area contributed by atoms with E-state index < -0.39 is 93.1 Å². The summed E-state index contributed by atoms with van der Waals surface area (Å²) in [6.45, 7) is 2.61. The van der Waals surface area contributed by atoms with Crippen molar-refractivity contribution in [3.8, 4) is 0 Å². The van der Waals surface area contributed by atoms with Gasteiger partial charge < -0.3 is 4.74 Å². The summed E-state index contributed by atoms with van der Waals surface area (Å²) in [5.41, 5.74) is 0. The quantitative estimate of drug-likeness (QED) is 0.115. The van der Waals surface area contributed by atoms with Crippen LogP contribution < -0.4 is 0 Å². The first-order valence-electron chi connectivity index (χ1n) is 10.4. The predicted molar refractivity (Wildman–Crippen MR) is 96.5 cm³/mol. The maximum absolute atomic E-state index is 14.7. The van der Waals surface area contributed by atoms with E-state index in [1.54, 1.807) is 4.74 Å². The molecule has 0 aliphatic heterocycles. The van der Waals surface area contributed by atoms with Gasteiger partial charge in [0.2, 0.25) is 0 Å². The maximum atomic E-state index is 14.7. The van der Waals surface area contributed by atoms with Gasteiger partial charge in [0.1, 0.15) is 6.10 Å². The minimum absolute atomic E-state index is 0.871. The van der Waals surface area contributed by atoms with Crippen LogP contribution in [0.25, 0.3) is 0 Å². The Morgan fingerprint density at radius 3 is 1.16 bits per heavy atom. The summed E-state index contributed by atoms with van der Waals surface area (Å²) in [5.74, 6) is -33.5. The van der Waals surface area contributed by atoms with Crippen molar-refractivity contribution in [1.82, 2.24) is 0 Å². The lowest BCUT2D eigenvalue weighted by Gasteiger charge is -2.38. The summed E-state index contributed by atoms with van der Waals surface area (Å²) in [5, 5.41) is 0. The standard InChI is InChI=1S/C17H14F22O4Si/c1-44(2,3)5-6(4-8(18,12(24,25)26)42-16(36,37)10(20,21)14(30,31)32)41-7(40)9(19,13(27,28)29)43-17(38,39)11(22,23)15(33,34)35/h6H,4-5H2,1-3H3. The number of hydrogen-bond donors (Lipinski definition) is 0. The highest BCUT2D eigenvalue weighted by molar-refractivity contribution is 6.76. The van der Waals surface area contributed by atoms with E-state index >= 15 is 0 Å². The first kappa shape index (κ1) is 42.1. The molecule has 0 bridgehead atoms. The SMILES string of the molecule is C[Si](C)(C)CC(CC(F)(OC(F)(F)C(F)(F)C(F)(F)F)C(F)(F)F)OC(=O)C(F)(OC(F)(F)C(F)(F)C(F)(F)F)C(F)(F)F. The molecule has 0 fully saturated rings. The number of carbonyl (C=O) groups excluding carboxylic acids is 1. The van der Waals surface area contributed by atoms with Crippen molar-refractivity contribution in [3.05, 3.63) is 0 Å². The van der Waals surface area contributed by atoms with Crippen molar-refractivity contribution in [3.63, 3.8) is 0 Å². The van der Waals surface area contributed by atoms with Crippen LogP contribution in [0.3, 0.4) is 0 Å². The molecule has 44 heavy (non-hydrogen) atoms. The molecule has 0 aromatic carbocycles. The Balaban J connectivity index is 6.95. The molecule has 0 spiro atoms. The highest BCUT2D eigenvalue weighted by Gasteiger charge is 2.81. The fourth-order valence-corrected chi connectivity index (χ4v) is 4.22. The largest absolute Gasteiger partial charge is 0.462 e. The fraction of sp³-hybridized carbons (Fsp3) is 0.941. The highest BCUT2D eigenvalue weighted by atomic mass is 28.3. The Morgan fingerprint density at radius 2 is 0.886 bits per heavy atom. The summed E-state index contributed by atoms with van der Waals surface area (Å²) >= 11 is 0. The van der Waals surface area contributed by atoms with Gasteiger partial charge in [-0.15, -0.1) is 0 Å². The zero-order chi connectivity index (χ0) is 36.2. The van der Waals surface area contributed by atoms with Gasteiger partial charge in [0, 0.05) is 8.07 Å². The van der Waals surface area contributed by atoms with Gasteiger partial charge >= 0.3 is 66.4 Å². The molecule has 0 aromatic rings. The van der Waals surface area contributed by atoms with Crippen molar-refractivity contribution in [1.29, 1.82) is 0 Å². The fourth-order valence-electron chi connectivity index (χ4n) is 2.63. The summed E-state index contributed by atoms with van der Waals surface area (Å²) in [4.78, 5) is 11.8. The van der Waals surface area contributed by atoms with E-state index in [2.05, 4.69) is 9.47 Å². The third-order valence-electron chi connectivity index (χ3n) is 4.66. The smallest absolute Gasteiger partial charge is 0.458 e. The molecule has 0 N–H and O–H groups in total. The van der Waals surface area contributed by atoms with Gasteiger partial charge in [-0.1, -0.05) is 19.6 Å². The molecule has 264 valence electrons. The monoisotopic (exact) mass is 728 g/mol. The number of halogens is 22. The van der Waals surface area contributed by atoms with Gasteiger partial charge in [-0.25, -0.2) is 9.18 Å². The third kappa shape index (κ3) is 8.65. The number of esters is 1. The van der Waals surface area contributed by atoms with E-state index in [4.69, 9.17) is 0 Å². The zero-order valence-electron chi connectivity index (χ0n) is 20.9. The van der Waals surface area contributed by atoms with Gasteiger partial charge in [0.25, 0.3) is 0 Å². The molecule has 3 atom stereocenters. The van der Waals surface area contributed by atoms with E-state index in [1.165, 1.54) is 0 Å². The normalized spacial score (nSPS) is 18.8. The third-order valence-corrected chi connectivity index (χ3v) is 6.34. The van der Waals surface area contributed by atoms with Crippen LogP contribution in [-0.4, -0.2) is 80.6 Å². The van der Waals surface area contributed by atoms with Crippen LogP contribution in [-0.2, 0) is 19.0 Å². The second-order valence-electron chi connectivity index (χ2n) is 9.70. The summed E-state index contributed by atoms with van der Waals surface area (Å²) in [6, 6.07) is -1.59. The van der Waals surface area contributed by atoms with Crippen LogP contribution in [0.5, 0.6) is 0 Å². The van der Waals surface area contributed by atoms with Gasteiger partial charge in [-0.2, -0.15) is 92.2 Å². The molecule has 0 aliphatic rings.